The number of rotatable bonds is 2. The van der Waals surface area contributed by atoms with Crippen molar-refractivity contribution in [2.45, 2.75) is 25.5 Å². The van der Waals surface area contributed by atoms with Gasteiger partial charge in [-0.25, -0.2) is 0 Å². The van der Waals surface area contributed by atoms with Crippen LogP contribution in [0.5, 0.6) is 5.75 Å². The molecule has 23 heavy (non-hydrogen) atoms. The highest BCUT2D eigenvalue weighted by atomic mass is 35.5. The van der Waals surface area contributed by atoms with Gasteiger partial charge in [-0.2, -0.15) is 0 Å². The molecule has 2 aliphatic heterocycles. The summed E-state index contributed by atoms with van der Waals surface area (Å²) in [6.07, 6.45) is 1.17. The topological polar surface area (TPSA) is 30.5 Å². The molecule has 0 saturated carbocycles. The van der Waals surface area contributed by atoms with Crippen LogP contribution in [0.3, 0.4) is 0 Å². The third-order valence-electron chi connectivity index (χ3n) is 4.92. The van der Waals surface area contributed by atoms with Gasteiger partial charge in [0.2, 0.25) is 0 Å². The molecule has 1 saturated heterocycles. The van der Waals surface area contributed by atoms with Crippen LogP contribution in [-0.4, -0.2) is 13.7 Å². The molecule has 0 aromatic heterocycles. The van der Waals surface area contributed by atoms with E-state index in [0.717, 1.165) is 35.1 Å². The fourth-order valence-corrected chi connectivity index (χ4v) is 4.03. The van der Waals surface area contributed by atoms with Crippen molar-refractivity contribution < 1.29 is 9.47 Å². The summed E-state index contributed by atoms with van der Waals surface area (Å²) < 4.78 is 11.6. The van der Waals surface area contributed by atoms with Gasteiger partial charge in [-0.05, 0) is 37.6 Å². The van der Waals surface area contributed by atoms with Crippen molar-refractivity contribution in [3.8, 4) is 5.75 Å². The molecule has 0 spiro atoms. The Morgan fingerprint density at radius 1 is 1.17 bits per heavy atom. The lowest BCUT2D eigenvalue weighted by Crippen LogP contribution is -2.29. The summed E-state index contributed by atoms with van der Waals surface area (Å²) in [6, 6.07) is 12.5. The second-order valence-electron chi connectivity index (χ2n) is 6.34. The lowest BCUT2D eigenvalue weighted by Gasteiger charge is -2.37. The molecule has 0 aliphatic carbocycles. The van der Waals surface area contributed by atoms with Crippen LogP contribution in [0.4, 0.5) is 5.69 Å². The minimum atomic E-state index is 0.139. The Morgan fingerprint density at radius 2 is 2.04 bits per heavy atom. The van der Waals surface area contributed by atoms with Crippen LogP contribution in [0.1, 0.15) is 35.3 Å². The SMILES string of the molecule is COc1ccc(Cl)cc1[C@H]1Nc2ccc(C)cc2[C@H]2OCC[C@@H]12. The summed E-state index contributed by atoms with van der Waals surface area (Å²) in [7, 11) is 1.70. The van der Waals surface area contributed by atoms with Crippen LogP contribution in [0.15, 0.2) is 36.4 Å². The highest BCUT2D eigenvalue weighted by Crippen LogP contribution is 2.51. The maximum absolute atomic E-state index is 6.24. The van der Waals surface area contributed by atoms with Gasteiger partial charge < -0.3 is 14.8 Å². The number of ether oxygens (including phenoxy) is 2. The van der Waals surface area contributed by atoms with Crippen LogP contribution < -0.4 is 10.1 Å². The van der Waals surface area contributed by atoms with E-state index in [1.165, 1.54) is 11.1 Å². The molecule has 0 bridgehead atoms. The lowest BCUT2D eigenvalue weighted by atomic mass is 9.80. The van der Waals surface area contributed by atoms with Gasteiger partial charge in [0.15, 0.2) is 0 Å². The monoisotopic (exact) mass is 329 g/mol. The number of nitrogens with one attached hydrogen (secondary N) is 1. The second-order valence-corrected chi connectivity index (χ2v) is 6.78. The molecule has 3 atom stereocenters. The van der Waals surface area contributed by atoms with Crippen molar-refractivity contribution in [3.05, 3.63) is 58.1 Å². The predicted octanol–water partition coefficient (Wildman–Crippen LogP) is 4.90. The van der Waals surface area contributed by atoms with E-state index in [1.54, 1.807) is 7.11 Å². The van der Waals surface area contributed by atoms with E-state index < -0.39 is 0 Å². The number of halogens is 1. The Bertz CT molecular complexity index is 746. The van der Waals surface area contributed by atoms with Gasteiger partial charge in [0.25, 0.3) is 0 Å². The van der Waals surface area contributed by atoms with Crippen LogP contribution in [0, 0.1) is 12.8 Å². The normalized spacial score (nSPS) is 25.4. The minimum Gasteiger partial charge on any atom is -0.496 e. The van der Waals surface area contributed by atoms with E-state index >= 15 is 0 Å². The third-order valence-corrected chi connectivity index (χ3v) is 5.15. The van der Waals surface area contributed by atoms with Crippen LogP contribution in [-0.2, 0) is 4.74 Å². The van der Waals surface area contributed by atoms with Gasteiger partial charge >= 0.3 is 0 Å². The summed E-state index contributed by atoms with van der Waals surface area (Å²) in [5.74, 6) is 1.25. The molecule has 0 unspecified atom stereocenters. The van der Waals surface area contributed by atoms with Crippen molar-refractivity contribution in [1.82, 2.24) is 0 Å². The van der Waals surface area contributed by atoms with Gasteiger partial charge in [0.05, 0.1) is 19.3 Å². The summed E-state index contributed by atoms with van der Waals surface area (Å²) in [6.45, 7) is 2.92. The Kier molecular flexibility index (Phi) is 3.70. The number of hydrogen-bond donors (Lipinski definition) is 1. The van der Waals surface area contributed by atoms with Gasteiger partial charge in [-0.3, -0.25) is 0 Å². The van der Waals surface area contributed by atoms with Crippen molar-refractivity contribution >= 4 is 17.3 Å². The molecule has 0 radical (unpaired) electrons. The summed E-state index contributed by atoms with van der Waals surface area (Å²) >= 11 is 6.24. The third kappa shape index (κ3) is 2.48. The molecule has 120 valence electrons. The molecule has 2 aromatic rings. The molecule has 1 fully saturated rings. The zero-order valence-corrected chi connectivity index (χ0v) is 14.1. The van der Waals surface area contributed by atoms with E-state index in [1.807, 2.05) is 18.2 Å². The molecule has 2 aromatic carbocycles. The Hall–Kier alpha value is -1.71. The molecule has 4 heteroatoms. The summed E-state index contributed by atoms with van der Waals surface area (Å²) in [5, 5.41) is 4.42. The fraction of sp³-hybridized carbons (Fsp3) is 0.368. The van der Waals surface area contributed by atoms with Crippen LogP contribution in [0.2, 0.25) is 5.02 Å². The highest BCUT2D eigenvalue weighted by molar-refractivity contribution is 6.30. The van der Waals surface area contributed by atoms with Gasteiger partial charge in [-0.1, -0.05) is 29.3 Å². The largest absolute Gasteiger partial charge is 0.496 e. The number of hydrogen-bond acceptors (Lipinski definition) is 3. The maximum atomic E-state index is 6.24. The summed E-state index contributed by atoms with van der Waals surface area (Å²) in [5.41, 5.74) is 4.78. The van der Waals surface area contributed by atoms with E-state index in [0.29, 0.717) is 5.92 Å². The Balaban J connectivity index is 1.82. The predicted molar refractivity (Wildman–Crippen MR) is 92.3 cm³/mol. The molecule has 2 aliphatic rings. The number of anilines is 1. The second kappa shape index (κ2) is 5.73. The molecule has 3 nitrogen and oxygen atoms in total. The first-order chi connectivity index (χ1) is 11.2. The number of methoxy groups -OCH3 is 1. The molecular formula is C19H20ClNO2. The zero-order chi connectivity index (χ0) is 16.0. The molecule has 1 N–H and O–H groups in total. The minimum absolute atomic E-state index is 0.139. The first-order valence-corrected chi connectivity index (χ1v) is 8.37. The van der Waals surface area contributed by atoms with Gasteiger partial charge in [0.1, 0.15) is 5.75 Å². The van der Waals surface area contributed by atoms with E-state index in [2.05, 4.69) is 30.4 Å². The number of benzene rings is 2. The Morgan fingerprint density at radius 3 is 2.87 bits per heavy atom. The van der Waals surface area contributed by atoms with Gasteiger partial charge in [0, 0.05) is 34.4 Å². The lowest BCUT2D eigenvalue weighted by molar-refractivity contribution is 0.0826. The van der Waals surface area contributed by atoms with Crippen molar-refractivity contribution in [1.29, 1.82) is 0 Å². The molecule has 0 amide bonds. The number of fused-ring (bicyclic) bond motifs is 3. The standard InChI is InChI=1S/C19H20ClNO2/c1-11-3-5-16-14(9-11)19-13(7-8-23-19)18(21-16)15-10-12(20)4-6-17(15)22-2/h3-6,9-10,13,18-19,21H,7-8H2,1-2H3/t13-,18-,19-/m0/s1. The first kappa shape index (κ1) is 14.9. The maximum Gasteiger partial charge on any atom is 0.124 e. The highest BCUT2D eigenvalue weighted by Gasteiger charge is 2.42. The molecule has 4 rings (SSSR count). The van der Waals surface area contributed by atoms with Crippen molar-refractivity contribution in [2.75, 3.05) is 19.0 Å². The van der Waals surface area contributed by atoms with Crippen LogP contribution >= 0.6 is 11.6 Å². The van der Waals surface area contributed by atoms with Crippen molar-refractivity contribution in [3.63, 3.8) is 0 Å². The summed E-state index contributed by atoms with van der Waals surface area (Å²) in [4.78, 5) is 0. The van der Waals surface area contributed by atoms with Gasteiger partial charge in [-0.15, -0.1) is 0 Å². The zero-order valence-electron chi connectivity index (χ0n) is 13.3. The van der Waals surface area contributed by atoms with E-state index in [4.69, 9.17) is 21.1 Å². The quantitative estimate of drug-likeness (QED) is 0.850. The Labute approximate surface area is 141 Å². The van der Waals surface area contributed by atoms with Crippen LogP contribution in [0.25, 0.3) is 0 Å². The molecule has 2 heterocycles. The molecular weight excluding hydrogens is 310 g/mol. The average Bonchev–Trinajstić information content (AvgIpc) is 3.04. The smallest absolute Gasteiger partial charge is 0.124 e. The fourth-order valence-electron chi connectivity index (χ4n) is 3.85. The van der Waals surface area contributed by atoms with E-state index in [9.17, 15) is 0 Å². The van der Waals surface area contributed by atoms with E-state index in [-0.39, 0.29) is 12.1 Å². The van der Waals surface area contributed by atoms with Crippen molar-refractivity contribution in [2.24, 2.45) is 5.92 Å². The average molecular weight is 330 g/mol. The number of aryl methyl sites for hydroxylation is 1. The first-order valence-electron chi connectivity index (χ1n) is 7.99.